The minimum Gasteiger partial charge on any atom is -0.469 e. The minimum absolute atomic E-state index is 0.170. The lowest BCUT2D eigenvalue weighted by Crippen LogP contribution is -2.24. The first-order chi connectivity index (χ1) is 8.11. The van der Waals surface area contributed by atoms with E-state index < -0.39 is 0 Å². The van der Waals surface area contributed by atoms with Gasteiger partial charge >= 0.3 is 5.97 Å². The van der Waals surface area contributed by atoms with Gasteiger partial charge in [-0.1, -0.05) is 0 Å². The molecule has 1 rings (SSSR count). The molecule has 0 aromatic carbocycles. The highest BCUT2D eigenvalue weighted by molar-refractivity contribution is 5.91. The zero-order valence-electron chi connectivity index (χ0n) is 9.84. The summed E-state index contributed by atoms with van der Waals surface area (Å²) in [6, 6.07) is 0. The summed E-state index contributed by atoms with van der Waals surface area (Å²) < 4.78 is 6.09. The number of ether oxygens (including phenoxy) is 1. The Hall–Kier alpha value is -2.11. The summed E-state index contributed by atoms with van der Waals surface area (Å²) in [5.41, 5.74) is 0.843. The molecule has 0 spiro atoms. The summed E-state index contributed by atoms with van der Waals surface area (Å²) in [6.45, 7) is 0.267. The monoisotopic (exact) mass is 237 g/mol. The smallest absolute Gasteiger partial charge is 0.307 e. The predicted molar refractivity (Wildman–Crippen MR) is 61.9 cm³/mol. The number of carbonyl (C=O) groups excluding carboxylic acids is 2. The minimum atomic E-state index is -0.346. The van der Waals surface area contributed by atoms with E-state index in [0.717, 1.165) is 5.56 Å². The maximum absolute atomic E-state index is 11.3. The van der Waals surface area contributed by atoms with E-state index in [-0.39, 0.29) is 24.8 Å². The molecule has 17 heavy (non-hydrogen) atoms. The van der Waals surface area contributed by atoms with Gasteiger partial charge in [-0.25, -0.2) is 0 Å². The third kappa shape index (κ3) is 4.96. The van der Waals surface area contributed by atoms with E-state index >= 15 is 0 Å². The van der Waals surface area contributed by atoms with Crippen LogP contribution in [0.4, 0.5) is 0 Å². The van der Waals surface area contributed by atoms with Crippen LogP contribution < -0.4 is 5.32 Å². The number of methoxy groups -OCH3 is 1. The van der Waals surface area contributed by atoms with Crippen molar-refractivity contribution in [1.29, 1.82) is 0 Å². The van der Waals surface area contributed by atoms with Crippen LogP contribution in [0.2, 0.25) is 0 Å². The van der Waals surface area contributed by atoms with Gasteiger partial charge in [-0.05, 0) is 6.08 Å². The molecule has 1 N–H and O–H groups in total. The first-order valence-corrected chi connectivity index (χ1v) is 5.13. The zero-order valence-corrected chi connectivity index (χ0v) is 9.84. The van der Waals surface area contributed by atoms with E-state index in [1.54, 1.807) is 30.2 Å². The second-order valence-corrected chi connectivity index (χ2v) is 3.40. The molecule has 92 valence electrons. The van der Waals surface area contributed by atoms with Crippen molar-refractivity contribution in [2.24, 2.45) is 7.05 Å². The topological polar surface area (TPSA) is 73.2 Å². The number of carbonyl (C=O) groups is 2. The molecule has 1 aromatic heterocycles. The number of nitrogens with zero attached hydrogens (tertiary/aromatic N) is 2. The van der Waals surface area contributed by atoms with Crippen LogP contribution in [0.3, 0.4) is 0 Å². The van der Waals surface area contributed by atoms with Gasteiger partial charge in [0.1, 0.15) is 0 Å². The Morgan fingerprint density at radius 2 is 2.35 bits per heavy atom. The lowest BCUT2D eigenvalue weighted by atomic mass is 10.3. The van der Waals surface area contributed by atoms with Crippen LogP contribution >= 0.6 is 0 Å². The first kappa shape index (κ1) is 13.0. The van der Waals surface area contributed by atoms with Crippen LogP contribution in [0, 0.1) is 0 Å². The van der Waals surface area contributed by atoms with E-state index in [1.165, 1.54) is 13.2 Å². The summed E-state index contributed by atoms with van der Waals surface area (Å²) >= 11 is 0. The summed E-state index contributed by atoms with van der Waals surface area (Å²) in [6.07, 6.45) is 6.66. The Kier molecular flexibility index (Phi) is 4.93. The van der Waals surface area contributed by atoms with E-state index in [0.29, 0.717) is 0 Å². The van der Waals surface area contributed by atoms with Crippen molar-refractivity contribution in [2.75, 3.05) is 13.7 Å². The van der Waals surface area contributed by atoms with E-state index in [1.807, 2.05) is 0 Å². The second-order valence-electron chi connectivity index (χ2n) is 3.40. The van der Waals surface area contributed by atoms with Crippen molar-refractivity contribution < 1.29 is 14.3 Å². The van der Waals surface area contributed by atoms with Gasteiger partial charge in [0.25, 0.3) is 0 Å². The number of esters is 1. The molecule has 6 nitrogen and oxygen atoms in total. The SMILES string of the molecule is COC(=O)CCNC(=O)/C=C/c1cnn(C)c1. The molecule has 0 aliphatic rings. The molecular weight excluding hydrogens is 222 g/mol. The van der Waals surface area contributed by atoms with Crippen molar-refractivity contribution in [3.05, 3.63) is 24.0 Å². The van der Waals surface area contributed by atoms with Gasteiger partial charge in [0.05, 0.1) is 19.7 Å². The van der Waals surface area contributed by atoms with Crippen LogP contribution in [0.15, 0.2) is 18.5 Å². The fraction of sp³-hybridized carbons (Fsp3) is 0.364. The summed E-state index contributed by atoms with van der Waals surface area (Å²) in [7, 11) is 3.11. The number of nitrogens with one attached hydrogen (secondary N) is 1. The van der Waals surface area contributed by atoms with Gasteiger partial charge in [-0.15, -0.1) is 0 Å². The van der Waals surface area contributed by atoms with Gasteiger partial charge in [0, 0.05) is 31.4 Å². The van der Waals surface area contributed by atoms with Gasteiger partial charge in [-0.2, -0.15) is 5.10 Å². The summed E-state index contributed by atoms with van der Waals surface area (Å²) in [5.74, 6) is -0.598. The van der Waals surface area contributed by atoms with Crippen LogP contribution in [0.5, 0.6) is 0 Å². The van der Waals surface area contributed by atoms with Crippen LogP contribution in [0.25, 0.3) is 6.08 Å². The van der Waals surface area contributed by atoms with Gasteiger partial charge in [-0.3, -0.25) is 14.3 Å². The Labute approximate surface area is 99.3 Å². The van der Waals surface area contributed by atoms with Crippen molar-refractivity contribution in [1.82, 2.24) is 15.1 Å². The highest BCUT2D eigenvalue weighted by Crippen LogP contribution is 1.98. The molecular formula is C11H15N3O3. The molecule has 0 aliphatic carbocycles. The number of amides is 1. The van der Waals surface area contributed by atoms with Crippen LogP contribution in [0.1, 0.15) is 12.0 Å². The van der Waals surface area contributed by atoms with Crippen molar-refractivity contribution in [2.45, 2.75) is 6.42 Å². The zero-order chi connectivity index (χ0) is 12.7. The molecule has 0 saturated carbocycles. The maximum atomic E-state index is 11.3. The number of aryl methyl sites for hydroxylation is 1. The first-order valence-electron chi connectivity index (χ1n) is 5.13. The van der Waals surface area contributed by atoms with Gasteiger partial charge in [0.2, 0.25) is 5.91 Å². The van der Waals surface area contributed by atoms with Gasteiger partial charge in [0.15, 0.2) is 0 Å². The molecule has 1 amide bonds. The lowest BCUT2D eigenvalue weighted by Gasteiger charge is -2.00. The number of hydrogen-bond acceptors (Lipinski definition) is 4. The highest BCUT2D eigenvalue weighted by atomic mass is 16.5. The molecule has 0 radical (unpaired) electrons. The third-order valence-corrected chi connectivity index (χ3v) is 2.01. The van der Waals surface area contributed by atoms with E-state index in [2.05, 4.69) is 15.2 Å². The average molecular weight is 237 g/mol. The second kappa shape index (κ2) is 6.47. The molecule has 0 saturated heterocycles. The normalized spacial score (nSPS) is 10.5. The molecule has 0 aliphatic heterocycles. The fourth-order valence-corrected chi connectivity index (χ4v) is 1.15. The molecule has 6 heteroatoms. The maximum Gasteiger partial charge on any atom is 0.307 e. The third-order valence-electron chi connectivity index (χ3n) is 2.01. The quantitative estimate of drug-likeness (QED) is 0.583. The van der Waals surface area contributed by atoms with Crippen molar-refractivity contribution >= 4 is 18.0 Å². The molecule has 0 unspecified atom stereocenters. The van der Waals surface area contributed by atoms with E-state index in [9.17, 15) is 9.59 Å². The summed E-state index contributed by atoms with van der Waals surface area (Å²) in [5, 5.41) is 6.53. The molecule has 0 fully saturated rings. The summed E-state index contributed by atoms with van der Waals surface area (Å²) in [4.78, 5) is 22.1. The number of rotatable bonds is 5. The largest absolute Gasteiger partial charge is 0.469 e. The Morgan fingerprint density at radius 1 is 1.59 bits per heavy atom. The standard InChI is InChI=1S/C11H15N3O3/c1-14-8-9(7-13-14)3-4-10(15)12-6-5-11(16)17-2/h3-4,7-8H,5-6H2,1-2H3,(H,12,15)/b4-3+. The van der Waals surface area contributed by atoms with Crippen LogP contribution in [-0.4, -0.2) is 35.3 Å². The van der Waals surface area contributed by atoms with E-state index in [4.69, 9.17) is 0 Å². The lowest BCUT2D eigenvalue weighted by molar-refractivity contribution is -0.140. The Bertz CT molecular complexity index is 423. The molecule has 0 bridgehead atoms. The molecule has 1 heterocycles. The molecule has 1 aromatic rings. The van der Waals surface area contributed by atoms with Crippen molar-refractivity contribution in [3.63, 3.8) is 0 Å². The molecule has 0 atom stereocenters. The Balaban J connectivity index is 2.30. The van der Waals surface area contributed by atoms with Crippen molar-refractivity contribution in [3.8, 4) is 0 Å². The fourth-order valence-electron chi connectivity index (χ4n) is 1.15. The van der Waals surface area contributed by atoms with Gasteiger partial charge < -0.3 is 10.1 Å². The highest BCUT2D eigenvalue weighted by Gasteiger charge is 2.00. The number of hydrogen-bond donors (Lipinski definition) is 1. The predicted octanol–water partition coefficient (Wildman–Crippen LogP) is 0.113. The number of aromatic nitrogens is 2. The Morgan fingerprint density at radius 3 is 2.94 bits per heavy atom. The van der Waals surface area contributed by atoms with Crippen LogP contribution in [-0.2, 0) is 21.4 Å². The average Bonchev–Trinajstić information content (AvgIpc) is 2.72.